The van der Waals surface area contributed by atoms with Gasteiger partial charge in [-0.15, -0.1) is 35.5 Å². The summed E-state index contributed by atoms with van der Waals surface area (Å²) < 4.78 is 5.14. The van der Waals surface area contributed by atoms with E-state index in [-0.39, 0.29) is 24.1 Å². The molecule has 2 amide bonds. The molecule has 29 heavy (non-hydrogen) atoms. The lowest BCUT2D eigenvalue weighted by Crippen LogP contribution is -2.31. The van der Waals surface area contributed by atoms with Crippen LogP contribution < -0.4 is 15.8 Å². The van der Waals surface area contributed by atoms with Gasteiger partial charge in [0.15, 0.2) is 0 Å². The predicted octanol–water partition coefficient (Wildman–Crippen LogP) is 3.78. The van der Waals surface area contributed by atoms with Crippen LogP contribution in [0.1, 0.15) is 34.1 Å². The largest absolute Gasteiger partial charge is 0.497 e. The zero-order valence-electron chi connectivity index (χ0n) is 16.5. The average Bonchev–Trinajstić information content (AvgIpc) is 3.04. The fraction of sp³-hybridized carbons (Fsp3) is 0.400. The molecule has 1 aromatic heterocycles. The van der Waals surface area contributed by atoms with Gasteiger partial charge in [0.1, 0.15) is 10.8 Å². The lowest BCUT2D eigenvalue weighted by molar-refractivity contribution is -0.113. The van der Waals surface area contributed by atoms with Crippen LogP contribution in [-0.4, -0.2) is 42.7 Å². The molecular formula is C20H26ClN3O3S2. The fourth-order valence-corrected chi connectivity index (χ4v) is 5.31. The summed E-state index contributed by atoms with van der Waals surface area (Å²) in [6.07, 6.45) is 1.89. The molecule has 1 aliphatic rings. The third-order valence-electron chi connectivity index (χ3n) is 4.60. The number of thioether (sulfide) groups is 1. The maximum atomic E-state index is 12.5. The van der Waals surface area contributed by atoms with Gasteiger partial charge in [-0.2, -0.15) is 0 Å². The van der Waals surface area contributed by atoms with E-state index in [1.807, 2.05) is 24.3 Å². The number of nitrogens with one attached hydrogen (secondary N) is 1. The molecule has 1 aliphatic heterocycles. The quantitative estimate of drug-likeness (QED) is 0.592. The molecule has 3 rings (SSSR count). The zero-order valence-corrected chi connectivity index (χ0v) is 19.0. The van der Waals surface area contributed by atoms with E-state index in [2.05, 4.69) is 17.1 Å². The number of primary amides is 1. The van der Waals surface area contributed by atoms with E-state index in [1.54, 1.807) is 7.11 Å². The molecule has 158 valence electrons. The number of fused-ring (bicyclic) bond motifs is 1. The fourth-order valence-electron chi connectivity index (χ4n) is 3.30. The van der Waals surface area contributed by atoms with Crippen LogP contribution in [0.4, 0.5) is 5.00 Å². The SMILES string of the molecule is CCCN1CCc2c(sc(NC(=O)CSc3ccc(OC)cc3)c2C(N)=O)C1.Cl. The number of hydrogen-bond donors (Lipinski definition) is 2. The molecular weight excluding hydrogens is 430 g/mol. The highest BCUT2D eigenvalue weighted by atomic mass is 35.5. The van der Waals surface area contributed by atoms with Crippen LogP contribution in [0.3, 0.4) is 0 Å². The number of halogens is 1. The van der Waals surface area contributed by atoms with Gasteiger partial charge < -0.3 is 15.8 Å². The lowest BCUT2D eigenvalue weighted by atomic mass is 10.0. The summed E-state index contributed by atoms with van der Waals surface area (Å²) in [5.74, 6) is 0.419. The molecule has 0 unspecified atom stereocenters. The number of thiophene rings is 1. The van der Waals surface area contributed by atoms with Gasteiger partial charge in [-0.25, -0.2) is 0 Å². The Balaban J connectivity index is 0.00000300. The van der Waals surface area contributed by atoms with Gasteiger partial charge in [0.2, 0.25) is 5.91 Å². The normalized spacial score (nSPS) is 13.3. The van der Waals surface area contributed by atoms with Crippen molar-refractivity contribution in [1.29, 1.82) is 0 Å². The number of rotatable bonds is 8. The first-order valence-electron chi connectivity index (χ1n) is 9.25. The summed E-state index contributed by atoms with van der Waals surface area (Å²) in [6, 6.07) is 7.55. The molecule has 0 fully saturated rings. The Labute approximate surface area is 185 Å². The number of anilines is 1. The topological polar surface area (TPSA) is 84.7 Å². The number of amides is 2. The number of carbonyl (C=O) groups is 2. The number of benzene rings is 1. The van der Waals surface area contributed by atoms with Crippen molar-refractivity contribution in [2.75, 3.05) is 31.3 Å². The van der Waals surface area contributed by atoms with Gasteiger partial charge in [-0.05, 0) is 49.2 Å². The van der Waals surface area contributed by atoms with Crippen molar-refractivity contribution in [3.05, 3.63) is 40.3 Å². The second-order valence-electron chi connectivity index (χ2n) is 6.61. The maximum absolute atomic E-state index is 12.5. The highest BCUT2D eigenvalue weighted by molar-refractivity contribution is 8.00. The van der Waals surface area contributed by atoms with Crippen LogP contribution >= 0.6 is 35.5 Å². The minimum atomic E-state index is -0.473. The zero-order chi connectivity index (χ0) is 20.1. The molecule has 0 radical (unpaired) electrons. The molecule has 3 N–H and O–H groups in total. The van der Waals surface area contributed by atoms with Crippen molar-refractivity contribution in [2.45, 2.75) is 31.2 Å². The van der Waals surface area contributed by atoms with Crippen LogP contribution in [0.15, 0.2) is 29.2 Å². The van der Waals surface area contributed by atoms with Crippen LogP contribution in [0.2, 0.25) is 0 Å². The molecule has 0 saturated heterocycles. The first kappa shape index (κ1) is 23.5. The van der Waals surface area contributed by atoms with Crippen molar-refractivity contribution >= 4 is 52.3 Å². The van der Waals surface area contributed by atoms with Gasteiger partial charge >= 0.3 is 0 Å². The number of carbonyl (C=O) groups excluding carboxylic acids is 2. The minimum absolute atomic E-state index is 0. The molecule has 2 aromatic rings. The van der Waals surface area contributed by atoms with Crippen molar-refractivity contribution in [2.24, 2.45) is 5.73 Å². The monoisotopic (exact) mass is 455 g/mol. The van der Waals surface area contributed by atoms with Gasteiger partial charge in [0.25, 0.3) is 5.91 Å². The molecule has 2 heterocycles. The van der Waals surface area contributed by atoms with E-state index in [9.17, 15) is 9.59 Å². The number of nitrogens with zero attached hydrogens (tertiary/aromatic N) is 1. The highest BCUT2D eigenvalue weighted by Crippen LogP contribution is 2.37. The van der Waals surface area contributed by atoms with E-state index in [4.69, 9.17) is 10.5 Å². The van der Waals surface area contributed by atoms with Crippen LogP contribution in [-0.2, 0) is 17.8 Å². The first-order chi connectivity index (χ1) is 13.5. The third kappa shape index (κ3) is 5.88. The predicted molar refractivity (Wildman–Crippen MR) is 122 cm³/mol. The molecule has 0 aliphatic carbocycles. The maximum Gasteiger partial charge on any atom is 0.251 e. The Bertz CT molecular complexity index is 855. The van der Waals surface area contributed by atoms with E-state index in [0.29, 0.717) is 10.6 Å². The van der Waals surface area contributed by atoms with E-state index >= 15 is 0 Å². The summed E-state index contributed by atoms with van der Waals surface area (Å²) in [5, 5.41) is 3.48. The summed E-state index contributed by atoms with van der Waals surface area (Å²) in [6.45, 7) is 4.91. The smallest absolute Gasteiger partial charge is 0.251 e. The molecule has 0 spiro atoms. The highest BCUT2D eigenvalue weighted by Gasteiger charge is 2.27. The minimum Gasteiger partial charge on any atom is -0.497 e. The number of hydrogen-bond acceptors (Lipinski definition) is 6. The molecule has 0 saturated carbocycles. The summed E-state index contributed by atoms with van der Waals surface area (Å²) in [7, 11) is 1.62. The summed E-state index contributed by atoms with van der Waals surface area (Å²) >= 11 is 2.91. The number of ether oxygens (including phenoxy) is 1. The summed E-state index contributed by atoms with van der Waals surface area (Å²) in [4.78, 5) is 29.0. The third-order valence-corrected chi connectivity index (χ3v) is 6.75. The second-order valence-corrected chi connectivity index (χ2v) is 8.76. The second kappa shape index (κ2) is 10.9. The van der Waals surface area contributed by atoms with E-state index < -0.39 is 5.91 Å². The molecule has 1 aromatic carbocycles. The van der Waals surface area contributed by atoms with Crippen molar-refractivity contribution in [1.82, 2.24) is 4.90 Å². The van der Waals surface area contributed by atoms with Crippen molar-refractivity contribution < 1.29 is 14.3 Å². The van der Waals surface area contributed by atoms with Gasteiger partial charge in [-0.3, -0.25) is 14.5 Å². The van der Waals surface area contributed by atoms with Crippen LogP contribution in [0, 0.1) is 0 Å². The molecule has 6 nitrogen and oxygen atoms in total. The van der Waals surface area contributed by atoms with Crippen LogP contribution in [0.25, 0.3) is 0 Å². The molecule has 0 bridgehead atoms. The van der Waals surface area contributed by atoms with Crippen LogP contribution in [0.5, 0.6) is 5.75 Å². The summed E-state index contributed by atoms with van der Waals surface area (Å²) in [5.41, 5.74) is 7.12. The van der Waals surface area contributed by atoms with Gasteiger partial charge in [0, 0.05) is 22.9 Å². The average molecular weight is 456 g/mol. The Morgan fingerprint density at radius 3 is 2.66 bits per heavy atom. The molecule has 0 atom stereocenters. The lowest BCUT2D eigenvalue weighted by Gasteiger charge is -2.26. The Hall–Kier alpha value is -1.74. The number of nitrogens with two attached hydrogens (primary N) is 1. The van der Waals surface area contributed by atoms with E-state index in [0.717, 1.165) is 53.6 Å². The Morgan fingerprint density at radius 1 is 1.31 bits per heavy atom. The standard InChI is InChI=1S/C20H25N3O3S2.ClH/c1-3-9-23-10-8-15-16(11-23)28-20(18(15)19(21)25)22-17(24)12-27-14-6-4-13(26-2)5-7-14;/h4-7H,3,8-12H2,1-2H3,(H2,21,25)(H,22,24);1H. The van der Waals surface area contributed by atoms with E-state index in [1.165, 1.54) is 23.1 Å². The van der Waals surface area contributed by atoms with Gasteiger partial charge in [-0.1, -0.05) is 6.92 Å². The Morgan fingerprint density at radius 2 is 2.03 bits per heavy atom. The first-order valence-corrected chi connectivity index (χ1v) is 11.1. The molecule has 9 heteroatoms. The Kier molecular flexibility index (Phi) is 8.82. The van der Waals surface area contributed by atoms with Crippen molar-refractivity contribution in [3.63, 3.8) is 0 Å². The van der Waals surface area contributed by atoms with Gasteiger partial charge in [0.05, 0.1) is 18.4 Å². The number of methoxy groups -OCH3 is 1. The van der Waals surface area contributed by atoms with Crippen molar-refractivity contribution in [3.8, 4) is 5.75 Å².